The summed E-state index contributed by atoms with van der Waals surface area (Å²) in [5, 5.41) is 24.9. The SMILES string of the molecule is CI.CN1CCN(Cc2ccc(Cl)nc2)/C1=C\[N+](=O)[O-].O=[N+]([O-])/C=C1/NCCN1Cc1ccc(Cl)nc1. The van der Waals surface area contributed by atoms with Gasteiger partial charge in [0.05, 0.1) is 9.85 Å². The van der Waals surface area contributed by atoms with Gasteiger partial charge < -0.3 is 20.0 Å². The van der Waals surface area contributed by atoms with E-state index in [4.69, 9.17) is 23.2 Å². The van der Waals surface area contributed by atoms with Gasteiger partial charge in [0, 0.05) is 58.7 Å². The topological polar surface area (TPSA) is 134 Å². The molecule has 37 heavy (non-hydrogen) atoms. The Labute approximate surface area is 238 Å². The zero-order valence-electron chi connectivity index (χ0n) is 20.3. The number of nitrogens with one attached hydrogen (secondary N) is 1. The van der Waals surface area contributed by atoms with Gasteiger partial charge in [0.2, 0.25) is 0 Å². The van der Waals surface area contributed by atoms with Gasteiger partial charge in [-0.2, -0.15) is 0 Å². The van der Waals surface area contributed by atoms with E-state index in [2.05, 4.69) is 37.9 Å². The molecule has 0 saturated carbocycles. The van der Waals surface area contributed by atoms with Gasteiger partial charge in [0.1, 0.15) is 10.3 Å². The molecule has 2 aromatic rings. The molecule has 0 spiro atoms. The second-order valence-corrected chi connectivity index (χ2v) is 8.52. The number of pyridine rings is 2. The maximum atomic E-state index is 10.6. The van der Waals surface area contributed by atoms with Crippen LogP contribution in [0.25, 0.3) is 0 Å². The van der Waals surface area contributed by atoms with Gasteiger partial charge in [-0.25, -0.2) is 9.97 Å². The quantitative estimate of drug-likeness (QED) is 0.160. The monoisotopic (exact) mass is 664 g/mol. The Kier molecular flexibility index (Phi) is 12.6. The Morgan fingerprint density at radius 1 is 0.919 bits per heavy atom. The van der Waals surface area contributed by atoms with Crippen LogP contribution in [0.2, 0.25) is 10.3 Å². The summed E-state index contributed by atoms with van der Waals surface area (Å²) in [7, 11) is 1.84. The van der Waals surface area contributed by atoms with E-state index >= 15 is 0 Å². The van der Waals surface area contributed by atoms with Crippen molar-refractivity contribution in [3.8, 4) is 0 Å². The van der Waals surface area contributed by atoms with Crippen LogP contribution in [0.1, 0.15) is 11.1 Å². The zero-order valence-corrected chi connectivity index (χ0v) is 23.9. The maximum absolute atomic E-state index is 10.6. The largest absolute Gasteiger partial charge is 0.365 e. The van der Waals surface area contributed by atoms with Crippen LogP contribution in [0.5, 0.6) is 0 Å². The van der Waals surface area contributed by atoms with Gasteiger partial charge in [0.25, 0.3) is 12.4 Å². The van der Waals surface area contributed by atoms with Crippen LogP contribution < -0.4 is 5.32 Å². The van der Waals surface area contributed by atoms with E-state index in [9.17, 15) is 20.2 Å². The van der Waals surface area contributed by atoms with Crippen molar-refractivity contribution in [3.05, 3.63) is 102 Å². The van der Waals surface area contributed by atoms with Gasteiger partial charge >= 0.3 is 0 Å². The van der Waals surface area contributed by atoms with Crippen LogP contribution >= 0.6 is 45.8 Å². The zero-order chi connectivity index (χ0) is 27.4. The molecule has 2 aromatic heterocycles. The average molecular weight is 665 g/mol. The summed E-state index contributed by atoms with van der Waals surface area (Å²) < 4.78 is 0. The van der Waals surface area contributed by atoms with E-state index in [0.717, 1.165) is 43.2 Å². The van der Waals surface area contributed by atoms with Crippen LogP contribution in [0.4, 0.5) is 0 Å². The fourth-order valence-corrected chi connectivity index (χ4v) is 3.78. The fourth-order valence-electron chi connectivity index (χ4n) is 3.56. The number of halogens is 3. The Balaban J connectivity index is 0.000000244. The molecule has 2 fully saturated rings. The number of aromatic nitrogens is 2. The lowest BCUT2D eigenvalue weighted by Crippen LogP contribution is -2.21. The van der Waals surface area contributed by atoms with Crippen molar-refractivity contribution in [1.29, 1.82) is 0 Å². The number of rotatable bonds is 6. The van der Waals surface area contributed by atoms with Crippen molar-refractivity contribution >= 4 is 45.8 Å². The van der Waals surface area contributed by atoms with Crippen molar-refractivity contribution in [1.82, 2.24) is 30.0 Å². The van der Waals surface area contributed by atoms with E-state index in [0.29, 0.717) is 41.6 Å². The smallest absolute Gasteiger partial charge is 0.274 e. The van der Waals surface area contributed by atoms with Crippen LogP contribution in [-0.2, 0) is 13.1 Å². The molecule has 0 bridgehead atoms. The van der Waals surface area contributed by atoms with E-state index in [1.54, 1.807) is 24.5 Å². The van der Waals surface area contributed by atoms with Gasteiger partial charge in [0.15, 0.2) is 11.6 Å². The molecule has 2 aliphatic rings. The fraction of sp³-hybridized carbons (Fsp3) is 0.364. The molecule has 0 aromatic carbocycles. The highest BCUT2D eigenvalue weighted by molar-refractivity contribution is 14.1. The van der Waals surface area contributed by atoms with Crippen molar-refractivity contribution in [2.45, 2.75) is 13.1 Å². The molecule has 2 aliphatic heterocycles. The lowest BCUT2D eigenvalue weighted by Gasteiger charge is -2.19. The van der Waals surface area contributed by atoms with Crippen molar-refractivity contribution in [3.63, 3.8) is 0 Å². The molecule has 4 heterocycles. The van der Waals surface area contributed by atoms with Crippen molar-refractivity contribution in [2.75, 3.05) is 38.2 Å². The number of hydrogen-bond acceptors (Lipinski definition) is 10. The average Bonchev–Trinajstić information content (AvgIpc) is 3.44. The highest BCUT2D eigenvalue weighted by Gasteiger charge is 2.24. The number of alkyl halides is 1. The molecule has 1 N–H and O–H groups in total. The van der Waals surface area contributed by atoms with Gasteiger partial charge in [-0.3, -0.25) is 20.2 Å². The second kappa shape index (κ2) is 15.4. The van der Waals surface area contributed by atoms with E-state index in [1.807, 2.05) is 38.8 Å². The third-order valence-electron chi connectivity index (χ3n) is 5.22. The molecule has 0 radical (unpaired) electrons. The first-order valence-electron chi connectivity index (χ1n) is 11.0. The minimum atomic E-state index is -0.458. The van der Waals surface area contributed by atoms with Gasteiger partial charge in [-0.1, -0.05) is 57.9 Å². The molecule has 0 unspecified atom stereocenters. The third kappa shape index (κ3) is 10.2. The highest BCUT2D eigenvalue weighted by Crippen LogP contribution is 2.20. The summed E-state index contributed by atoms with van der Waals surface area (Å²) in [6, 6.07) is 7.15. The normalized spacial score (nSPS) is 16.6. The Hall–Kier alpha value is -2.91. The predicted octanol–water partition coefficient (Wildman–Crippen LogP) is 3.83. The van der Waals surface area contributed by atoms with Crippen molar-refractivity contribution < 1.29 is 9.85 Å². The number of nitrogens with zero attached hydrogens (tertiary/aromatic N) is 7. The first kappa shape index (κ1) is 30.3. The minimum Gasteiger partial charge on any atom is -0.365 e. The lowest BCUT2D eigenvalue weighted by molar-refractivity contribution is -0.405. The van der Waals surface area contributed by atoms with E-state index in [1.165, 1.54) is 0 Å². The summed E-state index contributed by atoms with van der Waals surface area (Å²) in [6.45, 7) is 4.16. The Morgan fingerprint density at radius 2 is 1.46 bits per heavy atom. The third-order valence-corrected chi connectivity index (χ3v) is 5.67. The molecule has 200 valence electrons. The Morgan fingerprint density at radius 3 is 1.95 bits per heavy atom. The summed E-state index contributed by atoms with van der Waals surface area (Å²) >= 11 is 13.6. The Bertz CT molecular complexity index is 1100. The summed E-state index contributed by atoms with van der Waals surface area (Å²) in [5.41, 5.74) is 1.94. The second-order valence-electron chi connectivity index (χ2n) is 7.74. The summed E-state index contributed by atoms with van der Waals surface area (Å²) in [4.78, 5) is 35.8. The van der Waals surface area contributed by atoms with Crippen LogP contribution in [0, 0.1) is 20.2 Å². The summed E-state index contributed by atoms with van der Waals surface area (Å²) in [6.07, 6.45) is 5.38. The number of likely N-dealkylation sites (N-methyl/N-ethyl adjacent to an activating group) is 1. The number of nitro groups is 2. The van der Waals surface area contributed by atoms with Crippen LogP contribution in [-0.4, -0.2) is 72.7 Å². The first-order chi connectivity index (χ1) is 17.7. The molecule has 0 aliphatic carbocycles. The van der Waals surface area contributed by atoms with E-state index < -0.39 is 9.85 Å². The highest BCUT2D eigenvalue weighted by atomic mass is 127. The molecule has 2 saturated heterocycles. The maximum Gasteiger partial charge on any atom is 0.274 e. The van der Waals surface area contributed by atoms with Crippen molar-refractivity contribution in [2.24, 2.45) is 0 Å². The van der Waals surface area contributed by atoms with Gasteiger partial charge in [-0.15, -0.1) is 0 Å². The molecular weight excluding hydrogens is 638 g/mol. The standard InChI is InChI=1S/C11H13ClN4O2.C10H11ClN4O2.CH3I/c1-14-4-5-15(11(14)8-16(17)18)7-9-2-3-10(12)13-6-9;11-9-2-1-8(5-13-9)6-14-4-3-12-10(14)7-15(16)17;1-2/h2-3,6,8H,4-5,7H2,1H3;1-2,5,7,12H,3-4,6H2;1H3/b11-8-;10-7-;. The lowest BCUT2D eigenvalue weighted by atomic mass is 10.2. The molecule has 0 atom stereocenters. The molecule has 12 nitrogen and oxygen atoms in total. The first-order valence-corrected chi connectivity index (χ1v) is 13.9. The van der Waals surface area contributed by atoms with Gasteiger partial charge in [-0.05, 0) is 28.2 Å². The molecule has 15 heteroatoms. The molecule has 4 rings (SSSR count). The molecular formula is C22H27Cl2IN8O4. The van der Waals surface area contributed by atoms with Crippen LogP contribution in [0.15, 0.2) is 60.7 Å². The minimum absolute atomic E-state index is 0.426. The summed E-state index contributed by atoms with van der Waals surface area (Å²) in [5.74, 6) is 1.15. The molecule has 0 amide bonds. The number of hydrogen-bond donors (Lipinski definition) is 1. The van der Waals surface area contributed by atoms with Crippen LogP contribution in [0.3, 0.4) is 0 Å². The van der Waals surface area contributed by atoms with E-state index in [-0.39, 0.29) is 0 Å². The predicted molar refractivity (Wildman–Crippen MR) is 150 cm³/mol.